The number of halogens is 3. The highest BCUT2D eigenvalue weighted by Gasteiger charge is 2.29. The van der Waals surface area contributed by atoms with Crippen LogP contribution in [0.5, 0.6) is 5.75 Å². The third-order valence-electron chi connectivity index (χ3n) is 4.70. The number of benzene rings is 2. The maximum atomic E-state index is 12.7. The average molecular weight is 467 g/mol. The molecule has 0 saturated carbocycles. The number of ether oxygens (including phenoxy) is 1. The summed E-state index contributed by atoms with van der Waals surface area (Å²) in [7, 11) is 3.80. The largest absolute Gasteiger partial charge is 0.483 e. The quantitative estimate of drug-likeness (QED) is 0.440. The fraction of sp³-hybridized carbons (Fsp3) is 0.348. The number of nitrogens with one attached hydrogen (secondary N) is 1. The second-order valence-electron chi connectivity index (χ2n) is 8.58. The molecule has 9 heteroatoms. The van der Waals surface area contributed by atoms with E-state index >= 15 is 0 Å². The Morgan fingerprint density at radius 3 is 2.44 bits per heavy atom. The fourth-order valence-electron chi connectivity index (χ4n) is 2.89. The van der Waals surface area contributed by atoms with Crippen molar-refractivity contribution in [2.24, 2.45) is 0 Å². The SMILES string of the molecule is CN(C)c1ccc2cc(C(=O)NSc3cc(C(C)(C)C)ccc3OCC(F)(F)F)oc2c1. The van der Waals surface area contributed by atoms with E-state index in [0.29, 0.717) is 10.5 Å². The topological polar surface area (TPSA) is 54.7 Å². The third-order valence-corrected chi connectivity index (χ3v) is 5.53. The van der Waals surface area contributed by atoms with Crippen LogP contribution in [0, 0.1) is 0 Å². The lowest BCUT2D eigenvalue weighted by molar-refractivity contribution is -0.153. The van der Waals surface area contributed by atoms with Gasteiger partial charge >= 0.3 is 6.18 Å². The normalized spacial score (nSPS) is 12.1. The standard InChI is InChI=1S/C23H25F3N2O3S/c1-22(2,3)15-7-9-17(30-13-23(24,25)26)20(11-15)32-27-21(29)19-10-14-6-8-16(28(4)5)12-18(14)31-19/h6-12H,13H2,1-5H3,(H,27,29). The number of furan rings is 1. The summed E-state index contributed by atoms with van der Waals surface area (Å²) in [4.78, 5) is 15.0. The van der Waals surface area contributed by atoms with Crippen LogP contribution >= 0.6 is 11.9 Å². The number of alkyl halides is 3. The Balaban J connectivity index is 1.81. The predicted octanol–water partition coefficient (Wildman–Crippen LogP) is 6.17. The molecule has 0 unspecified atom stereocenters. The summed E-state index contributed by atoms with van der Waals surface area (Å²) < 4.78 is 51.2. The van der Waals surface area contributed by atoms with Gasteiger partial charge in [-0.3, -0.25) is 9.52 Å². The van der Waals surface area contributed by atoms with Gasteiger partial charge in [0.15, 0.2) is 12.4 Å². The Morgan fingerprint density at radius 1 is 1.09 bits per heavy atom. The highest BCUT2D eigenvalue weighted by molar-refractivity contribution is 7.98. The molecule has 0 aliphatic rings. The number of carbonyl (C=O) groups is 1. The van der Waals surface area contributed by atoms with Gasteiger partial charge in [-0.2, -0.15) is 13.2 Å². The number of fused-ring (bicyclic) bond motifs is 1. The van der Waals surface area contributed by atoms with Crippen LogP contribution in [0.4, 0.5) is 18.9 Å². The number of nitrogens with zero attached hydrogens (tertiary/aromatic N) is 1. The van der Waals surface area contributed by atoms with Crippen LogP contribution in [0.3, 0.4) is 0 Å². The smallest absolute Gasteiger partial charge is 0.422 e. The van der Waals surface area contributed by atoms with Crippen molar-refractivity contribution in [3.8, 4) is 5.75 Å². The Hall–Kier alpha value is -2.81. The molecular formula is C23H25F3N2O3S. The van der Waals surface area contributed by atoms with Crippen molar-refractivity contribution in [3.05, 3.63) is 53.8 Å². The van der Waals surface area contributed by atoms with Crippen molar-refractivity contribution in [2.75, 3.05) is 25.6 Å². The summed E-state index contributed by atoms with van der Waals surface area (Å²) in [5, 5.41) is 0.773. The van der Waals surface area contributed by atoms with Gasteiger partial charge in [-0.1, -0.05) is 26.8 Å². The first-order valence-electron chi connectivity index (χ1n) is 9.86. The molecule has 5 nitrogen and oxygen atoms in total. The number of anilines is 1. The number of hydrogen-bond acceptors (Lipinski definition) is 5. The minimum atomic E-state index is -4.46. The van der Waals surface area contributed by atoms with E-state index in [9.17, 15) is 18.0 Å². The molecule has 3 rings (SSSR count). The lowest BCUT2D eigenvalue weighted by Gasteiger charge is -2.21. The van der Waals surface area contributed by atoms with Gasteiger partial charge in [0.1, 0.15) is 11.3 Å². The first kappa shape index (κ1) is 23.8. The zero-order chi connectivity index (χ0) is 23.7. The van der Waals surface area contributed by atoms with Crippen LogP contribution in [0.2, 0.25) is 0 Å². The minimum absolute atomic E-state index is 0.0425. The van der Waals surface area contributed by atoms with Gasteiger partial charge < -0.3 is 14.1 Å². The van der Waals surface area contributed by atoms with Gasteiger partial charge in [0.05, 0.1) is 4.90 Å². The first-order valence-corrected chi connectivity index (χ1v) is 10.7. The highest BCUT2D eigenvalue weighted by Crippen LogP contribution is 2.34. The number of amides is 1. The molecule has 1 amide bonds. The molecular weight excluding hydrogens is 441 g/mol. The average Bonchev–Trinajstić information content (AvgIpc) is 3.12. The molecule has 3 aromatic rings. The predicted molar refractivity (Wildman–Crippen MR) is 121 cm³/mol. The molecule has 0 bridgehead atoms. The molecule has 0 spiro atoms. The second-order valence-corrected chi connectivity index (χ2v) is 9.42. The highest BCUT2D eigenvalue weighted by atomic mass is 32.2. The van der Waals surface area contributed by atoms with E-state index in [1.807, 2.05) is 58.0 Å². The Bertz CT molecular complexity index is 1120. The summed E-state index contributed by atoms with van der Waals surface area (Å²) >= 11 is 0.889. The van der Waals surface area contributed by atoms with Crippen molar-refractivity contribution in [3.63, 3.8) is 0 Å². The number of rotatable bonds is 6. The van der Waals surface area contributed by atoms with E-state index in [2.05, 4.69) is 4.72 Å². The van der Waals surface area contributed by atoms with E-state index in [1.165, 1.54) is 6.07 Å². The minimum Gasteiger partial charge on any atom is -0.483 e. The molecule has 0 radical (unpaired) electrons. The lowest BCUT2D eigenvalue weighted by atomic mass is 9.87. The molecule has 1 N–H and O–H groups in total. The van der Waals surface area contributed by atoms with Gasteiger partial charge in [0, 0.05) is 31.2 Å². The zero-order valence-corrected chi connectivity index (χ0v) is 19.3. The van der Waals surface area contributed by atoms with E-state index in [0.717, 1.165) is 28.6 Å². The van der Waals surface area contributed by atoms with E-state index in [1.54, 1.807) is 18.2 Å². The van der Waals surface area contributed by atoms with Crippen LogP contribution in [0.25, 0.3) is 11.0 Å². The van der Waals surface area contributed by atoms with E-state index in [4.69, 9.17) is 9.15 Å². The summed E-state index contributed by atoms with van der Waals surface area (Å²) in [5.74, 6) is -0.352. The van der Waals surface area contributed by atoms with Crippen molar-refractivity contribution >= 4 is 34.5 Å². The van der Waals surface area contributed by atoms with Crippen molar-refractivity contribution < 1.29 is 27.1 Å². The van der Waals surface area contributed by atoms with Gasteiger partial charge in [-0.05, 0) is 53.3 Å². The molecule has 1 aromatic heterocycles. The van der Waals surface area contributed by atoms with Gasteiger partial charge in [-0.25, -0.2) is 0 Å². The Kier molecular flexibility index (Phi) is 6.69. The Labute approximate surface area is 189 Å². The molecule has 0 aliphatic heterocycles. The van der Waals surface area contributed by atoms with Crippen molar-refractivity contribution in [1.29, 1.82) is 0 Å². The number of carbonyl (C=O) groups excluding carboxylic acids is 1. The van der Waals surface area contributed by atoms with Crippen LogP contribution in [0.1, 0.15) is 36.9 Å². The molecule has 1 heterocycles. The van der Waals surface area contributed by atoms with Crippen LogP contribution in [0.15, 0.2) is 51.8 Å². The second kappa shape index (κ2) is 8.97. The maximum Gasteiger partial charge on any atom is 0.422 e. The molecule has 0 aliphatic carbocycles. The summed E-state index contributed by atoms with van der Waals surface area (Å²) in [6.07, 6.45) is -4.46. The van der Waals surface area contributed by atoms with Crippen molar-refractivity contribution in [2.45, 2.75) is 37.3 Å². The summed E-state index contributed by atoms with van der Waals surface area (Å²) in [6, 6.07) is 12.2. The fourth-order valence-corrected chi connectivity index (χ4v) is 3.61. The molecule has 172 valence electrons. The third kappa shape index (κ3) is 5.91. The van der Waals surface area contributed by atoms with Crippen molar-refractivity contribution in [1.82, 2.24) is 4.72 Å². The van der Waals surface area contributed by atoms with Crippen LogP contribution < -0.4 is 14.4 Å². The lowest BCUT2D eigenvalue weighted by Crippen LogP contribution is -2.20. The summed E-state index contributed by atoms with van der Waals surface area (Å²) in [5.41, 5.74) is 2.16. The maximum absolute atomic E-state index is 12.7. The van der Waals surface area contributed by atoms with Gasteiger partial charge in [-0.15, -0.1) is 0 Å². The first-order chi connectivity index (χ1) is 14.8. The van der Waals surface area contributed by atoms with Gasteiger partial charge in [0.2, 0.25) is 0 Å². The van der Waals surface area contributed by atoms with Crippen LogP contribution in [-0.4, -0.2) is 32.8 Å². The Morgan fingerprint density at radius 2 is 1.81 bits per heavy atom. The van der Waals surface area contributed by atoms with E-state index < -0.39 is 18.7 Å². The molecule has 0 atom stereocenters. The number of hydrogen-bond donors (Lipinski definition) is 1. The van der Waals surface area contributed by atoms with Gasteiger partial charge in [0.25, 0.3) is 5.91 Å². The van der Waals surface area contributed by atoms with E-state index in [-0.39, 0.29) is 16.9 Å². The molecule has 32 heavy (non-hydrogen) atoms. The van der Waals surface area contributed by atoms with Crippen LogP contribution in [-0.2, 0) is 5.41 Å². The monoisotopic (exact) mass is 466 g/mol. The molecule has 0 saturated heterocycles. The summed E-state index contributed by atoms with van der Waals surface area (Å²) in [6.45, 7) is 4.55. The zero-order valence-electron chi connectivity index (χ0n) is 18.5. The molecule has 2 aromatic carbocycles. The molecule has 0 fully saturated rings.